The van der Waals surface area contributed by atoms with Gasteiger partial charge in [0.25, 0.3) is 0 Å². The highest BCUT2D eigenvalue weighted by molar-refractivity contribution is 7.39. The molecule has 0 bridgehead atoms. The fourth-order valence-electron chi connectivity index (χ4n) is 0.981. The minimum atomic E-state index is -2.43. The van der Waals surface area contributed by atoms with Gasteiger partial charge in [0.2, 0.25) is 0 Å². The van der Waals surface area contributed by atoms with Crippen LogP contribution in [0.1, 0.15) is 11.7 Å². The first-order valence-corrected chi connectivity index (χ1v) is 4.91. The van der Waals surface area contributed by atoms with Crippen LogP contribution in [-0.4, -0.2) is 21.5 Å². The third-order valence-electron chi connectivity index (χ3n) is 1.56. The normalized spacial score (nSPS) is 13.2. The molecule has 0 amide bonds. The second kappa shape index (κ2) is 5.27. The molecule has 1 aromatic carbocycles. The van der Waals surface area contributed by atoms with Crippen molar-refractivity contribution in [2.45, 2.75) is 6.10 Å². The van der Waals surface area contributed by atoms with Crippen LogP contribution in [0.15, 0.2) is 30.3 Å². The lowest BCUT2D eigenvalue weighted by atomic mass is 10.1. The van der Waals surface area contributed by atoms with Crippen LogP contribution >= 0.6 is 8.60 Å². The van der Waals surface area contributed by atoms with Gasteiger partial charge in [-0.2, -0.15) is 0 Å². The standard InChI is InChI=1S/C8H11O4P/c9-6-8(12-13(10)11)7-4-2-1-3-5-7/h1-5,8-11H,6H2. The monoisotopic (exact) mass is 202 g/mol. The summed E-state index contributed by atoms with van der Waals surface area (Å²) in [6.07, 6.45) is -0.665. The maximum Gasteiger partial charge on any atom is 0.327 e. The number of benzene rings is 1. The van der Waals surface area contributed by atoms with Crippen molar-refractivity contribution in [3.05, 3.63) is 35.9 Å². The van der Waals surface area contributed by atoms with Crippen LogP contribution in [0, 0.1) is 0 Å². The largest absolute Gasteiger partial charge is 0.393 e. The van der Waals surface area contributed by atoms with Gasteiger partial charge >= 0.3 is 8.60 Å². The first-order valence-electron chi connectivity index (χ1n) is 3.74. The maximum atomic E-state index is 8.89. The van der Waals surface area contributed by atoms with Crippen molar-refractivity contribution in [1.29, 1.82) is 0 Å². The van der Waals surface area contributed by atoms with E-state index in [1.807, 2.05) is 6.07 Å². The van der Waals surface area contributed by atoms with Crippen molar-refractivity contribution >= 4 is 8.60 Å². The predicted molar refractivity (Wildman–Crippen MR) is 48.7 cm³/mol. The van der Waals surface area contributed by atoms with Gasteiger partial charge in [-0.1, -0.05) is 30.3 Å². The van der Waals surface area contributed by atoms with Crippen molar-refractivity contribution in [3.63, 3.8) is 0 Å². The molecule has 0 aliphatic heterocycles. The smallest absolute Gasteiger partial charge is 0.327 e. The Bertz CT molecular complexity index is 239. The van der Waals surface area contributed by atoms with E-state index in [4.69, 9.17) is 19.4 Å². The molecule has 1 atom stereocenters. The van der Waals surface area contributed by atoms with Crippen molar-refractivity contribution in [1.82, 2.24) is 0 Å². The molecule has 1 rings (SSSR count). The van der Waals surface area contributed by atoms with Crippen LogP contribution in [0.4, 0.5) is 0 Å². The molecule has 0 saturated heterocycles. The molecule has 1 unspecified atom stereocenters. The highest BCUT2D eigenvalue weighted by Crippen LogP contribution is 2.33. The minimum absolute atomic E-state index is 0.274. The molecule has 0 heterocycles. The highest BCUT2D eigenvalue weighted by atomic mass is 31.2. The summed E-state index contributed by atoms with van der Waals surface area (Å²) < 4.78 is 4.71. The molecular formula is C8H11O4P. The first-order chi connectivity index (χ1) is 6.24. The third kappa shape index (κ3) is 3.38. The Morgan fingerprint density at radius 2 is 1.85 bits per heavy atom. The van der Waals surface area contributed by atoms with Gasteiger partial charge in [0.05, 0.1) is 6.61 Å². The SMILES string of the molecule is OCC(OP(O)O)c1ccccc1. The predicted octanol–water partition coefficient (Wildman–Crippen LogP) is 0.948. The molecule has 72 valence electrons. The molecular weight excluding hydrogens is 191 g/mol. The summed E-state index contributed by atoms with van der Waals surface area (Å²) >= 11 is 0. The Labute approximate surface area is 77.4 Å². The Morgan fingerprint density at radius 1 is 1.23 bits per heavy atom. The zero-order chi connectivity index (χ0) is 9.68. The lowest BCUT2D eigenvalue weighted by Gasteiger charge is -2.15. The number of hydrogen-bond donors (Lipinski definition) is 3. The second-order valence-corrected chi connectivity index (χ2v) is 3.16. The van der Waals surface area contributed by atoms with E-state index in [2.05, 4.69) is 0 Å². The number of aliphatic hydroxyl groups excluding tert-OH is 1. The Morgan fingerprint density at radius 3 is 2.31 bits per heavy atom. The van der Waals surface area contributed by atoms with Gasteiger partial charge in [-0.15, -0.1) is 0 Å². The molecule has 13 heavy (non-hydrogen) atoms. The van der Waals surface area contributed by atoms with Crippen LogP contribution < -0.4 is 0 Å². The Hall–Kier alpha value is -0.510. The molecule has 0 aromatic heterocycles. The first kappa shape index (κ1) is 10.6. The fourth-order valence-corrected chi connectivity index (χ4v) is 1.40. The van der Waals surface area contributed by atoms with Gasteiger partial charge in [-0.25, -0.2) is 0 Å². The van der Waals surface area contributed by atoms with E-state index in [9.17, 15) is 0 Å². The number of rotatable bonds is 4. The average molecular weight is 202 g/mol. The molecule has 3 N–H and O–H groups in total. The molecule has 4 nitrogen and oxygen atoms in total. The summed E-state index contributed by atoms with van der Waals surface area (Å²) in [6.45, 7) is -0.274. The van der Waals surface area contributed by atoms with Crippen molar-refractivity contribution in [2.75, 3.05) is 6.61 Å². The zero-order valence-electron chi connectivity index (χ0n) is 6.87. The van der Waals surface area contributed by atoms with Gasteiger partial charge in [-0.05, 0) is 5.56 Å². The van der Waals surface area contributed by atoms with E-state index in [1.54, 1.807) is 24.3 Å². The number of aliphatic hydroxyl groups is 1. The van der Waals surface area contributed by atoms with Crippen LogP contribution in [0.5, 0.6) is 0 Å². The van der Waals surface area contributed by atoms with E-state index >= 15 is 0 Å². The van der Waals surface area contributed by atoms with E-state index < -0.39 is 14.7 Å². The van der Waals surface area contributed by atoms with Crippen molar-refractivity contribution < 1.29 is 19.4 Å². The van der Waals surface area contributed by atoms with Gasteiger partial charge in [0.15, 0.2) is 0 Å². The summed E-state index contributed by atoms with van der Waals surface area (Å²) in [5.74, 6) is 0. The summed E-state index contributed by atoms with van der Waals surface area (Å²) in [5, 5.41) is 8.89. The van der Waals surface area contributed by atoms with Crippen molar-refractivity contribution in [3.8, 4) is 0 Å². The topological polar surface area (TPSA) is 69.9 Å². The molecule has 0 fully saturated rings. The molecule has 0 spiro atoms. The fraction of sp³-hybridized carbons (Fsp3) is 0.250. The zero-order valence-corrected chi connectivity index (χ0v) is 7.76. The minimum Gasteiger partial charge on any atom is -0.393 e. The summed E-state index contributed by atoms with van der Waals surface area (Å²) in [6, 6.07) is 8.91. The average Bonchev–Trinajstić information content (AvgIpc) is 2.15. The Kier molecular flexibility index (Phi) is 4.28. The van der Waals surface area contributed by atoms with E-state index in [-0.39, 0.29) is 6.61 Å². The lowest BCUT2D eigenvalue weighted by molar-refractivity contribution is 0.102. The van der Waals surface area contributed by atoms with E-state index in [0.29, 0.717) is 0 Å². The second-order valence-electron chi connectivity index (χ2n) is 2.44. The quantitative estimate of drug-likeness (QED) is 0.635. The van der Waals surface area contributed by atoms with Gasteiger partial charge in [-0.3, -0.25) is 0 Å². The Balaban J connectivity index is 2.67. The third-order valence-corrected chi connectivity index (χ3v) is 2.00. The van der Waals surface area contributed by atoms with Gasteiger partial charge in [0.1, 0.15) is 6.10 Å². The van der Waals surface area contributed by atoms with Crippen LogP contribution in [0.2, 0.25) is 0 Å². The summed E-state index contributed by atoms with van der Waals surface area (Å²) in [7, 11) is -2.43. The van der Waals surface area contributed by atoms with Crippen molar-refractivity contribution in [2.24, 2.45) is 0 Å². The molecule has 1 aromatic rings. The molecule has 0 aliphatic carbocycles. The summed E-state index contributed by atoms with van der Waals surface area (Å²) in [5.41, 5.74) is 0.723. The number of hydrogen-bond acceptors (Lipinski definition) is 4. The van der Waals surface area contributed by atoms with Crippen LogP contribution in [-0.2, 0) is 4.52 Å². The van der Waals surface area contributed by atoms with E-state index in [0.717, 1.165) is 5.56 Å². The van der Waals surface area contributed by atoms with Crippen LogP contribution in [0.25, 0.3) is 0 Å². The summed E-state index contributed by atoms with van der Waals surface area (Å²) in [4.78, 5) is 17.2. The van der Waals surface area contributed by atoms with Gasteiger partial charge in [0, 0.05) is 0 Å². The van der Waals surface area contributed by atoms with E-state index in [1.165, 1.54) is 0 Å². The van der Waals surface area contributed by atoms with Gasteiger partial charge < -0.3 is 19.4 Å². The van der Waals surface area contributed by atoms with Crippen LogP contribution in [0.3, 0.4) is 0 Å². The lowest BCUT2D eigenvalue weighted by Crippen LogP contribution is -2.05. The molecule has 0 saturated carbocycles. The molecule has 0 radical (unpaired) electrons. The maximum absolute atomic E-state index is 8.89. The highest BCUT2D eigenvalue weighted by Gasteiger charge is 2.14. The molecule has 0 aliphatic rings. The molecule has 5 heteroatoms.